The van der Waals surface area contributed by atoms with Crippen LogP contribution in [0.25, 0.3) is 6.08 Å². The molecule has 5 rings (SSSR count). The number of para-hydroxylation sites is 1. The Labute approximate surface area is 218 Å². The lowest BCUT2D eigenvalue weighted by Gasteiger charge is -2.36. The van der Waals surface area contributed by atoms with Crippen LogP contribution < -0.4 is 9.64 Å². The summed E-state index contributed by atoms with van der Waals surface area (Å²) in [6, 6.07) is 20.1. The number of nitriles is 1. The Morgan fingerprint density at radius 1 is 1.05 bits per heavy atom. The first-order valence-corrected chi connectivity index (χ1v) is 11.8. The average Bonchev–Trinajstić information content (AvgIpc) is 3.28. The van der Waals surface area contributed by atoms with E-state index in [0.29, 0.717) is 17.0 Å². The fourth-order valence-corrected chi connectivity index (χ4v) is 5.66. The molecule has 0 spiro atoms. The van der Waals surface area contributed by atoms with Crippen LogP contribution in [0.5, 0.6) is 5.75 Å². The van der Waals surface area contributed by atoms with Gasteiger partial charge in [0, 0.05) is 29.3 Å². The molecule has 0 saturated carbocycles. The Kier molecular flexibility index (Phi) is 6.17. The van der Waals surface area contributed by atoms with Gasteiger partial charge in [-0.25, -0.2) is 0 Å². The third-order valence-electron chi connectivity index (χ3n) is 7.34. The summed E-state index contributed by atoms with van der Waals surface area (Å²) in [5, 5.41) is 22.2. The maximum atomic E-state index is 14.3. The quantitative estimate of drug-likeness (QED) is 0.205. The van der Waals surface area contributed by atoms with Crippen molar-refractivity contribution in [1.29, 1.82) is 5.26 Å². The van der Waals surface area contributed by atoms with Gasteiger partial charge in [0.2, 0.25) is 0 Å². The lowest BCUT2D eigenvalue weighted by Crippen LogP contribution is -2.46. The van der Waals surface area contributed by atoms with Gasteiger partial charge in [-0.1, -0.05) is 54.6 Å². The van der Waals surface area contributed by atoms with Crippen molar-refractivity contribution in [2.45, 2.75) is 18.0 Å². The number of rotatable bonds is 6. The Bertz CT molecular complexity index is 1510. The number of hydrogen-bond donors (Lipinski definition) is 0. The van der Waals surface area contributed by atoms with Gasteiger partial charge in [0.05, 0.1) is 31.3 Å². The van der Waals surface area contributed by atoms with E-state index >= 15 is 0 Å². The first kappa shape index (κ1) is 24.7. The molecule has 1 fully saturated rings. The monoisotopic (exact) mass is 509 g/mol. The highest BCUT2D eigenvalue weighted by atomic mass is 16.6. The van der Waals surface area contributed by atoms with E-state index in [4.69, 9.17) is 9.47 Å². The summed E-state index contributed by atoms with van der Waals surface area (Å²) in [6.07, 6.45) is 3.58. The number of ketones is 1. The van der Waals surface area contributed by atoms with Crippen molar-refractivity contribution in [1.82, 2.24) is 0 Å². The fourth-order valence-electron chi connectivity index (χ4n) is 5.66. The van der Waals surface area contributed by atoms with Gasteiger partial charge in [-0.3, -0.25) is 19.7 Å². The summed E-state index contributed by atoms with van der Waals surface area (Å²) in [5.74, 6) is -1.63. The Morgan fingerprint density at radius 2 is 1.79 bits per heavy atom. The van der Waals surface area contributed by atoms with Crippen LogP contribution in [-0.4, -0.2) is 43.0 Å². The largest absolute Gasteiger partial charge is 0.497 e. The van der Waals surface area contributed by atoms with E-state index in [0.717, 1.165) is 5.56 Å². The number of nitrogens with zero attached hydrogens (tertiary/aromatic N) is 3. The predicted molar refractivity (Wildman–Crippen MR) is 139 cm³/mol. The molecule has 3 aromatic rings. The molecule has 9 heteroatoms. The number of esters is 1. The van der Waals surface area contributed by atoms with Crippen molar-refractivity contribution < 1.29 is 24.0 Å². The first-order chi connectivity index (χ1) is 18.4. The topological polar surface area (TPSA) is 123 Å². The van der Waals surface area contributed by atoms with E-state index in [1.807, 2.05) is 30.3 Å². The zero-order valence-electron chi connectivity index (χ0n) is 20.6. The summed E-state index contributed by atoms with van der Waals surface area (Å²) in [7, 11) is 2.74. The lowest BCUT2D eigenvalue weighted by molar-refractivity contribution is -0.384. The molecule has 0 aliphatic carbocycles. The van der Waals surface area contributed by atoms with Crippen molar-refractivity contribution in [3.8, 4) is 11.8 Å². The molecule has 1 saturated heterocycles. The van der Waals surface area contributed by atoms with Gasteiger partial charge in [-0.15, -0.1) is 0 Å². The second kappa shape index (κ2) is 9.48. The maximum absolute atomic E-state index is 14.3. The van der Waals surface area contributed by atoms with Gasteiger partial charge in [0.15, 0.2) is 11.2 Å². The number of non-ortho nitro benzene ring substituents is 1. The number of carbonyl (C=O) groups is 2. The van der Waals surface area contributed by atoms with Crippen LogP contribution in [0.3, 0.4) is 0 Å². The minimum Gasteiger partial charge on any atom is -0.497 e. The highest BCUT2D eigenvalue weighted by Crippen LogP contribution is 2.56. The van der Waals surface area contributed by atoms with E-state index < -0.39 is 40.1 Å². The number of fused-ring (bicyclic) bond motifs is 3. The molecule has 0 bridgehead atoms. The van der Waals surface area contributed by atoms with Gasteiger partial charge < -0.3 is 14.4 Å². The number of nitro benzene ring substituents is 1. The summed E-state index contributed by atoms with van der Waals surface area (Å²) >= 11 is 0. The van der Waals surface area contributed by atoms with Crippen LogP contribution in [0.15, 0.2) is 78.9 Å². The van der Waals surface area contributed by atoms with E-state index in [9.17, 15) is 25.0 Å². The molecule has 9 nitrogen and oxygen atoms in total. The van der Waals surface area contributed by atoms with Crippen LogP contribution in [0, 0.1) is 26.9 Å². The first-order valence-electron chi connectivity index (χ1n) is 11.8. The standard InChI is InChI=1S/C29H23N3O6/c1-37-22-13-10-19(11-14-22)25-26(27(33)20-7-5-8-21(16-20)32(35)36)31-23-9-4-3-6-18(23)12-15-24(31)29(25,17-30)28(34)38-2/h3-16,24-26H,1-2H3/t24-,25+,26+,29-/m0/s1. The SMILES string of the molecule is COC(=O)[C@]1(C#N)[C@H](c2ccc(OC)cc2)[C@H](C(=O)c2cccc([N+](=O)[O-])c2)N2c3ccccc3C=C[C@H]21. The van der Waals surface area contributed by atoms with E-state index in [1.165, 1.54) is 38.5 Å². The molecule has 190 valence electrons. The molecule has 0 radical (unpaired) electrons. The van der Waals surface area contributed by atoms with Crippen molar-refractivity contribution >= 4 is 29.2 Å². The molecule has 2 aliphatic rings. The maximum Gasteiger partial charge on any atom is 0.329 e. The lowest BCUT2D eigenvalue weighted by atomic mass is 9.68. The molecule has 4 atom stereocenters. The van der Waals surface area contributed by atoms with Crippen molar-refractivity contribution in [3.63, 3.8) is 0 Å². The van der Waals surface area contributed by atoms with Gasteiger partial charge in [-0.2, -0.15) is 5.26 Å². The molecule has 0 aromatic heterocycles. The van der Waals surface area contributed by atoms with Crippen molar-refractivity contribution in [2.24, 2.45) is 5.41 Å². The summed E-state index contributed by atoms with van der Waals surface area (Å²) < 4.78 is 10.5. The molecule has 2 heterocycles. The highest BCUT2D eigenvalue weighted by Gasteiger charge is 2.67. The number of hydrogen-bond acceptors (Lipinski definition) is 8. The van der Waals surface area contributed by atoms with E-state index in [-0.39, 0.29) is 11.3 Å². The molecule has 0 amide bonds. The molecule has 3 aromatic carbocycles. The van der Waals surface area contributed by atoms with Crippen LogP contribution >= 0.6 is 0 Å². The Hall–Kier alpha value is -4.97. The third kappa shape index (κ3) is 3.61. The fraction of sp³-hybridized carbons (Fsp3) is 0.207. The summed E-state index contributed by atoms with van der Waals surface area (Å²) in [5.41, 5.74) is 0.115. The molecule has 0 unspecified atom stereocenters. The van der Waals surface area contributed by atoms with Crippen LogP contribution in [0.4, 0.5) is 11.4 Å². The molecule has 2 aliphatic heterocycles. The minimum atomic E-state index is -1.80. The number of anilines is 1. The molecule has 0 N–H and O–H groups in total. The zero-order chi connectivity index (χ0) is 27.0. The Morgan fingerprint density at radius 3 is 2.45 bits per heavy atom. The summed E-state index contributed by atoms with van der Waals surface area (Å²) in [4.78, 5) is 40.6. The third-order valence-corrected chi connectivity index (χ3v) is 7.34. The number of ether oxygens (including phenoxy) is 2. The number of carbonyl (C=O) groups excluding carboxylic acids is 2. The molecular weight excluding hydrogens is 486 g/mol. The number of benzene rings is 3. The van der Waals surface area contributed by atoms with Crippen LogP contribution in [0.2, 0.25) is 0 Å². The van der Waals surface area contributed by atoms with Gasteiger partial charge in [0.25, 0.3) is 5.69 Å². The Balaban J connectivity index is 1.80. The van der Waals surface area contributed by atoms with E-state index in [2.05, 4.69) is 6.07 Å². The zero-order valence-corrected chi connectivity index (χ0v) is 20.6. The number of methoxy groups -OCH3 is 2. The summed E-state index contributed by atoms with van der Waals surface area (Å²) in [6.45, 7) is 0. The average molecular weight is 510 g/mol. The van der Waals surface area contributed by atoms with Crippen molar-refractivity contribution in [2.75, 3.05) is 19.1 Å². The smallest absolute Gasteiger partial charge is 0.329 e. The second-order valence-corrected chi connectivity index (χ2v) is 9.11. The normalized spacial score (nSPS) is 23.1. The van der Waals surface area contributed by atoms with E-state index in [1.54, 1.807) is 35.2 Å². The molecule has 38 heavy (non-hydrogen) atoms. The molecular formula is C29H23N3O6. The second-order valence-electron chi connectivity index (χ2n) is 9.11. The number of nitro groups is 1. The van der Waals surface area contributed by atoms with Crippen LogP contribution in [-0.2, 0) is 9.53 Å². The number of Topliss-reactive ketones (excluding diaryl/α,β-unsaturated/α-hetero) is 1. The predicted octanol–water partition coefficient (Wildman–Crippen LogP) is 4.54. The van der Waals surface area contributed by atoms with Crippen LogP contribution in [0.1, 0.15) is 27.4 Å². The van der Waals surface area contributed by atoms with Gasteiger partial charge >= 0.3 is 5.97 Å². The van der Waals surface area contributed by atoms with Gasteiger partial charge in [-0.05, 0) is 29.3 Å². The highest BCUT2D eigenvalue weighted by molar-refractivity contribution is 6.06. The van der Waals surface area contributed by atoms with Crippen molar-refractivity contribution in [3.05, 3.63) is 106 Å². The minimum absolute atomic E-state index is 0.104. The van der Waals surface area contributed by atoms with Gasteiger partial charge in [0.1, 0.15) is 11.8 Å².